The maximum Gasteiger partial charge on any atom is 0.261 e. The number of amides is 2. The first-order chi connectivity index (χ1) is 15.6. The average Bonchev–Trinajstić information content (AvgIpc) is 3.35. The molecule has 1 aliphatic rings. The third kappa shape index (κ3) is 3.48. The van der Waals surface area contributed by atoms with Crippen LogP contribution in [-0.2, 0) is 0 Å². The minimum Gasteiger partial charge on any atom is -0.273 e. The van der Waals surface area contributed by atoms with Crippen LogP contribution < -0.4 is 0 Å². The van der Waals surface area contributed by atoms with Crippen LogP contribution in [0.5, 0.6) is 0 Å². The van der Waals surface area contributed by atoms with Crippen molar-refractivity contribution in [3.63, 3.8) is 0 Å². The van der Waals surface area contributed by atoms with E-state index in [0.29, 0.717) is 34.4 Å². The lowest BCUT2D eigenvalue weighted by atomic mass is 10.1. The molecule has 5 rings (SSSR count). The third-order valence-electron chi connectivity index (χ3n) is 5.33. The van der Waals surface area contributed by atoms with Gasteiger partial charge in [0.05, 0.1) is 16.8 Å². The summed E-state index contributed by atoms with van der Waals surface area (Å²) in [6, 6.07) is 18.8. The van der Waals surface area contributed by atoms with E-state index >= 15 is 0 Å². The molecule has 0 saturated heterocycles. The Morgan fingerprint density at radius 2 is 1.59 bits per heavy atom. The molecule has 2 amide bonds. The van der Waals surface area contributed by atoms with Crippen LogP contribution in [0.1, 0.15) is 26.3 Å². The van der Waals surface area contributed by atoms with Crippen LogP contribution in [0.25, 0.3) is 17.1 Å². The molecule has 2 aromatic heterocycles. The fraction of sp³-hybridized carbons (Fsp3) is 0.125. The lowest BCUT2D eigenvalue weighted by Gasteiger charge is -2.15. The molecule has 0 atom stereocenters. The van der Waals surface area contributed by atoms with Crippen molar-refractivity contribution in [3.8, 4) is 17.1 Å². The van der Waals surface area contributed by atoms with Crippen LogP contribution in [0.4, 0.5) is 0 Å². The van der Waals surface area contributed by atoms with Crippen molar-refractivity contribution in [2.45, 2.75) is 12.1 Å². The van der Waals surface area contributed by atoms with Crippen LogP contribution in [0, 0.1) is 6.92 Å². The van der Waals surface area contributed by atoms with Gasteiger partial charge in [-0.1, -0.05) is 42.1 Å². The number of carbonyl (C=O) groups is 2. The Kier molecular flexibility index (Phi) is 5.28. The average molecular weight is 442 g/mol. The molecule has 3 heterocycles. The Labute approximate surface area is 189 Å². The predicted molar refractivity (Wildman–Crippen MR) is 122 cm³/mol. The molecule has 7 nitrogen and oxygen atoms in total. The summed E-state index contributed by atoms with van der Waals surface area (Å²) in [6.07, 6.45) is 3.47. The number of rotatable bonds is 6. The first-order valence-electron chi connectivity index (χ1n) is 10.1. The zero-order valence-corrected chi connectivity index (χ0v) is 18.1. The van der Waals surface area contributed by atoms with E-state index in [-0.39, 0.29) is 11.8 Å². The van der Waals surface area contributed by atoms with E-state index < -0.39 is 0 Å². The normalized spacial score (nSPS) is 13.0. The van der Waals surface area contributed by atoms with Crippen molar-refractivity contribution in [1.82, 2.24) is 24.6 Å². The quantitative estimate of drug-likeness (QED) is 0.332. The van der Waals surface area contributed by atoms with Crippen LogP contribution in [0.2, 0.25) is 0 Å². The Hall–Kier alpha value is -3.78. The van der Waals surface area contributed by atoms with E-state index in [0.717, 1.165) is 16.8 Å². The Bertz CT molecular complexity index is 1280. The van der Waals surface area contributed by atoms with Gasteiger partial charge in [0, 0.05) is 30.3 Å². The molecule has 4 aromatic rings. The van der Waals surface area contributed by atoms with E-state index in [4.69, 9.17) is 0 Å². The molecule has 2 aromatic carbocycles. The van der Waals surface area contributed by atoms with Gasteiger partial charge in [-0.3, -0.25) is 24.0 Å². The standard InChI is InChI=1S/C24H19N5O2S/c1-16-7-2-5-11-20(16)29-21(17-8-6-12-25-15-17)26-27-24(29)32-14-13-28-22(30)18-9-3-4-10-19(18)23(28)31/h2-12,15H,13-14H2,1H3. The molecule has 0 bridgehead atoms. The summed E-state index contributed by atoms with van der Waals surface area (Å²) in [7, 11) is 0. The van der Waals surface area contributed by atoms with E-state index in [9.17, 15) is 9.59 Å². The zero-order valence-electron chi connectivity index (χ0n) is 17.3. The van der Waals surface area contributed by atoms with Gasteiger partial charge >= 0.3 is 0 Å². The molecule has 0 radical (unpaired) electrons. The smallest absolute Gasteiger partial charge is 0.261 e. The van der Waals surface area contributed by atoms with E-state index in [1.165, 1.54) is 16.7 Å². The lowest BCUT2D eigenvalue weighted by Crippen LogP contribution is -2.31. The molecule has 158 valence electrons. The number of benzene rings is 2. The monoisotopic (exact) mass is 441 g/mol. The fourth-order valence-electron chi connectivity index (χ4n) is 3.75. The van der Waals surface area contributed by atoms with E-state index in [1.54, 1.807) is 36.7 Å². The second-order valence-electron chi connectivity index (χ2n) is 7.33. The van der Waals surface area contributed by atoms with Crippen LogP contribution in [-0.4, -0.2) is 48.8 Å². The van der Waals surface area contributed by atoms with Gasteiger partial charge in [0.2, 0.25) is 0 Å². The van der Waals surface area contributed by atoms with Gasteiger partial charge < -0.3 is 0 Å². The van der Waals surface area contributed by atoms with Gasteiger partial charge in [-0.25, -0.2) is 0 Å². The number of aryl methyl sites for hydroxylation is 1. The first kappa shape index (κ1) is 20.1. The summed E-state index contributed by atoms with van der Waals surface area (Å²) in [6.45, 7) is 2.33. The molecule has 0 spiro atoms. The van der Waals surface area contributed by atoms with Gasteiger partial charge in [0.15, 0.2) is 11.0 Å². The van der Waals surface area contributed by atoms with Gasteiger partial charge in [-0.2, -0.15) is 0 Å². The number of hydrogen-bond donors (Lipinski definition) is 0. The van der Waals surface area contributed by atoms with Crippen molar-refractivity contribution in [2.24, 2.45) is 0 Å². The summed E-state index contributed by atoms with van der Waals surface area (Å²) in [4.78, 5) is 30.8. The second-order valence-corrected chi connectivity index (χ2v) is 8.39. The highest BCUT2D eigenvalue weighted by Gasteiger charge is 2.34. The summed E-state index contributed by atoms with van der Waals surface area (Å²) in [5.74, 6) is 0.698. The molecular formula is C24H19N5O2S. The number of hydrogen-bond acceptors (Lipinski definition) is 6. The number of thioether (sulfide) groups is 1. The number of nitrogens with zero attached hydrogens (tertiary/aromatic N) is 5. The number of aromatic nitrogens is 4. The van der Waals surface area contributed by atoms with Crippen LogP contribution in [0.15, 0.2) is 78.2 Å². The highest BCUT2D eigenvalue weighted by Crippen LogP contribution is 2.30. The largest absolute Gasteiger partial charge is 0.273 e. The van der Waals surface area contributed by atoms with E-state index in [2.05, 4.69) is 15.2 Å². The van der Waals surface area contributed by atoms with Crippen molar-refractivity contribution < 1.29 is 9.59 Å². The van der Waals surface area contributed by atoms with Crippen molar-refractivity contribution in [1.29, 1.82) is 0 Å². The van der Waals surface area contributed by atoms with Crippen LogP contribution in [0.3, 0.4) is 0 Å². The van der Waals surface area contributed by atoms with Crippen molar-refractivity contribution >= 4 is 23.6 Å². The zero-order chi connectivity index (χ0) is 22.1. The number of carbonyl (C=O) groups excluding carboxylic acids is 2. The third-order valence-corrected chi connectivity index (χ3v) is 6.24. The highest BCUT2D eigenvalue weighted by molar-refractivity contribution is 7.99. The second kappa shape index (κ2) is 8.39. The maximum atomic E-state index is 12.6. The summed E-state index contributed by atoms with van der Waals surface area (Å²) in [5.41, 5.74) is 3.84. The minimum atomic E-state index is -0.248. The van der Waals surface area contributed by atoms with Gasteiger partial charge in [0.1, 0.15) is 0 Å². The number of para-hydroxylation sites is 1. The molecule has 0 saturated carbocycles. The molecule has 8 heteroatoms. The molecule has 32 heavy (non-hydrogen) atoms. The summed E-state index contributed by atoms with van der Waals surface area (Å²) >= 11 is 1.46. The molecule has 1 aliphatic heterocycles. The predicted octanol–water partition coefficient (Wildman–Crippen LogP) is 4.03. The molecule has 0 aliphatic carbocycles. The van der Waals surface area contributed by atoms with Crippen molar-refractivity contribution in [3.05, 3.63) is 89.7 Å². The Morgan fingerprint density at radius 1 is 0.875 bits per heavy atom. The molecular weight excluding hydrogens is 422 g/mol. The number of pyridine rings is 1. The van der Waals surface area contributed by atoms with Gasteiger partial charge in [0.25, 0.3) is 11.8 Å². The topological polar surface area (TPSA) is 81.0 Å². The fourth-order valence-corrected chi connectivity index (χ4v) is 4.62. The maximum absolute atomic E-state index is 12.6. The summed E-state index contributed by atoms with van der Waals surface area (Å²) < 4.78 is 2.00. The van der Waals surface area contributed by atoms with Gasteiger partial charge in [-0.15, -0.1) is 10.2 Å². The highest BCUT2D eigenvalue weighted by atomic mass is 32.2. The number of fused-ring (bicyclic) bond motifs is 1. The SMILES string of the molecule is Cc1ccccc1-n1c(SCCN2C(=O)c3ccccc3C2=O)nnc1-c1cccnc1. The van der Waals surface area contributed by atoms with Crippen molar-refractivity contribution in [2.75, 3.05) is 12.3 Å². The molecule has 0 N–H and O–H groups in total. The van der Waals surface area contributed by atoms with Gasteiger partial charge in [-0.05, 0) is 42.8 Å². The Balaban J connectivity index is 1.41. The van der Waals surface area contributed by atoms with Crippen LogP contribution >= 0.6 is 11.8 Å². The Morgan fingerprint density at radius 3 is 2.28 bits per heavy atom. The molecule has 0 fully saturated rings. The number of imide groups is 1. The lowest BCUT2D eigenvalue weighted by molar-refractivity contribution is 0.0664. The summed E-state index contributed by atoms with van der Waals surface area (Å²) in [5, 5.41) is 9.52. The minimum absolute atomic E-state index is 0.248. The first-order valence-corrected chi connectivity index (χ1v) is 11.1. The van der Waals surface area contributed by atoms with E-state index in [1.807, 2.05) is 47.9 Å². The molecule has 0 unspecified atom stereocenters.